The summed E-state index contributed by atoms with van der Waals surface area (Å²) < 4.78 is 39.0. The van der Waals surface area contributed by atoms with Crippen LogP contribution in [0.2, 0.25) is 5.02 Å². The molecule has 37 heavy (non-hydrogen) atoms. The molecule has 4 aromatic rings. The first kappa shape index (κ1) is 25.1. The Bertz CT molecular complexity index is 1430. The summed E-state index contributed by atoms with van der Waals surface area (Å²) in [7, 11) is 0. The van der Waals surface area contributed by atoms with Crippen molar-refractivity contribution < 1.29 is 18.0 Å². The third-order valence-electron chi connectivity index (χ3n) is 6.81. The van der Waals surface area contributed by atoms with Crippen molar-refractivity contribution in [3.05, 3.63) is 70.9 Å². The third kappa shape index (κ3) is 5.41. The van der Waals surface area contributed by atoms with Gasteiger partial charge in [-0.1, -0.05) is 31.0 Å². The minimum absolute atomic E-state index is 0.126. The topological polar surface area (TPSA) is 73.9 Å². The first-order chi connectivity index (χ1) is 17.7. The average molecular weight is 528 g/mol. The van der Waals surface area contributed by atoms with Gasteiger partial charge in [0.15, 0.2) is 0 Å². The number of amides is 1. The Hall–Kier alpha value is -3.59. The van der Waals surface area contributed by atoms with Crippen molar-refractivity contribution >= 4 is 40.0 Å². The monoisotopic (exact) mass is 527 g/mol. The Labute approximate surface area is 216 Å². The lowest BCUT2D eigenvalue weighted by molar-refractivity contribution is -0.137. The van der Waals surface area contributed by atoms with Gasteiger partial charge in [0.1, 0.15) is 11.6 Å². The SMILES string of the molecule is CCC1CCN(c2ccc(-c3nc4cc(NC(=O)c5cccc(C(F)(F)F)c5)c(Cl)cc4[nH]3)cn2)CC1. The van der Waals surface area contributed by atoms with Crippen LogP contribution in [0.15, 0.2) is 54.7 Å². The summed E-state index contributed by atoms with van der Waals surface area (Å²) in [6.45, 7) is 4.24. The van der Waals surface area contributed by atoms with E-state index in [9.17, 15) is 18.0 Å². The van der Waals surface area contributed by atoms with Crippen molar-refractivity contribution in [1.29, 1.82) is 0 Å². The Kier molecular flexibility index (Phi) is 6.81. The number of nitrogens with zero attached hydrogens (tertiary/aromatic N) is 3. The first-order valence-electron chi connectivity index (χ1n) is 12.1. The molecule has 2 N–H and O–H groups in total. The van der Waals surface area contributed by atoms with E-state index >= 15 is 0 Å². The Balaban J connectivity index is 1.34. The number of pyridine rings is 1. The van der Waals surface area contributed by atoms with Crippen LogP contribution in [-0.4, -0.2) is 33.9 Å². The van der Waals surface area contributed by atoms with Gasteiger partial charge in [0.25, 0.3) is 5.91 Å². The molecule has 0 saturated carbocycles. The summed E-state index contributed by atoms with van der Waals surface area (Å²) in [4.78, 5) is 27.4. The molecule has 0 spiro atoms. The molecule has 1 amide bonds. The van der Waals surface area contributed by atoms with Gasteiger partial charge in [0.05, 0.1) is 27.3 Å². The lowest BCUT2D eigenvalue weighted by Crippen LogP contribution is -2.33. The summed E-state index contributed by atoms with van der Waals surface area (Å²) in [5, 5.41) is 2.82. The van der Waals surface area contributed by atoms with E-state index in [-0.39, 0.29) is 16.3 Å². The second-order valence-electron chi connectivity index (χ2n) is 9.21. The Morgan fingerprint density at radius 1 is 1.16 bits per heavy atom. The average Bonchev–Trinajstić information content (AvgIpc) is 3.31. The van der Waals surface area contributed by atoms with Crippen LogP contribution in [0.4, 0.5) is 24.7 Å². The predicted molar refractivity (Wildman–Crippen MR) is 139 cm³/mol. The summed E-state index contributed by atoms with van der Waals surface area (Å²) >= 11 is 6.36. The number of carbonyl (C=O) groups excluding carboxylic acids is 1. The van der Waals surface area contributed by atoms with Gasteiger partial charge in [-0.3, -0.25) is 4.79 Å². The molecule has 1 aliphatic rings. The van der Waals surface area contributed by atoms with E-state index in [4.69, 9.17) is 11.6 Å². The molecular weight excluding hydrogens is 503 g/mol. The molecule has 1 fully saturated rings. The minimum Gasteiger partial charge on any atom is -0.357 e. The van der Waals surface area contributed by atoms with E-state index in [2.05, 4.69) is 32.1 Å². The molecule has 1 saturated heterocycles. The fourth-order valence-corrected chi connectivity index (χ4v) is 4.79. The number of hydrogen-bond donors (Lipinski definition) is 2. The molecule has 0 unspecified atom stereocenters. The summed E-state index contributed by atoms with van der Waals surface area (Å²) in [6, 6.07) is 11.4. The predicted octanol–water partition coefficient (Wildman–Crippen LogP) is 7.18. The number of carbonyl (C=O) groups is 1. The number of rotatable bonds is 5. The molecule has 6 nitrogen and oxygen atoms in total. The number of benzene rings is 2. The molecule has 2 aromatic heterocycles. The van der Waals surface area contributed by atoms with Crippen molar-refractivity contribution in [2.75, 3.05) is 23.3 Å². The van der Waals surface area contributed by atoms with Gasteiger partial charge in [0, 0.05) is 30.4 Å². The highest BCUT2D eigenvalue weighted by atomic mass is 35.5. The van der Waals surface area contributed by atoms with E-state index in [1.54, 1.807) is 18.3 Å². The first-order valence-corrected chi connectivity index (χ1v) is 12.5. The summed E-state index contributed by atoms with van der Waals surface area (Å²) in [5.74, 6) is 1.62. The van der Waals surface area contributed by atoms with Gasteiger partial charge >= 0.3 is 6.18 Å². The zero-order valence-corrected chi connectivity index (χ0v) is 20.8. The van der Waals surface area contributed by atoms with Crippen LogP contribution in [0.3, 0.4) is 0 Å². The van der Waals surface area contributed by atoms with Gasteiger partial charge in [-0.25, -0.2) is 9.97 Å². The van der Waals surface area contributed by atoms with Gasteiger partial charge in [-0.05, 0) is 61.2 Å². The van der Waals surface area contributed by atoms with Crippen LogP contribution in [0, 0.1) is 5.92 Å². The molecule has 2 aromatic carbocycles. The number of aromatic amines is 1. The number of hydrogen-bond acceptors (Lipinski definition) is 4. The second-order valence-corrected chi connectivity index (χ2v) is 9.62. The quantitative estimate of drug-likeness (QED) is 0.288. The maximum atomic E-state index is 13.0. The van der Waals surface area contributed by atoms with E-state index in [0.717, 1.165) is 42.5 Å². The van der Waals surface area contributed by atoms with Crippen LogP contribution in [0.25, 0.3) is 22.4 Å². The van der Waals surface area contributed by atoms with Crippen LogP contribution in [0.5, 0.6) is 0 Å². The highest BCUT2D eigenvalue weighted by molar-refractivity contribution is 6.34. The summed E-state index contributed by atoms with van der Waals surface area (Å²) in [6.07, 6.45) is 0.800. The molecule has 10 heteroatoms. The van der Waals surface area contributed by atoms with Crippen molar-refractivity contribution in [2.24, 2.45) is 5.92 Å². The highest BCUT2D eigenvalue weighted by Crippen LogP contribution is 2.32. The minimum atomic E-state index is -4.54. The number of halogens is 4. The fourth-order valence-electron chi connectivity index (χ4n) is 4.58. The van der Waals surface area contributed by atoms with E-state index in [0.29, 0.717) is 16.9 Å². The Morgan fingerprint density at radius 2 is 1.95 bits per heavy atom. The maximum Gasteiger partial charge on any atom is 0.416 e. The number of piperidine rings is 1. The van der Waals surface area contributed by atoms with Crippen LogP contribution in [-0.2, 0) is 6.18 Å². The van der Waals surface area contributed by atoms with Crippen LogP contribution in [0.1, 0.15) is 42.1 Å². The number of anilines is 2. The van der Waals surface area contributed by atoms with E-state index in [1.807, 2.05) is 12.1 Å². The lowest BCUT2D eigenvalue weighted by Gasteiger charge is -2.32. The molecule has 0 aliphatic carbocycles. The molecule has 0 bridgehead atoms. The largest absolute Gasteiger partial charge is 0.416 e. The number of aromatic nitrogens is 3. The molecule has 0 atom stereocenters. The number of nitrogens with one attached hydrogen (secondary N) is 2. The number of alkyl halides is 3. The molecule has 3 heterocycles. The molecule has 0 radical (unpaired) electrons. The van der Waals surface area contributed by atoms with Crippen LogP contribution >= 0.6 is 11.6 Å². The molecule has 192 valence electrons. The lowest BCUT2D eigenvalue weighted by atomic mass is 9.94. The highest BCUT2D eigenvalue weighted by Gasteiger charge is 2.31. The van der Waals surface area contributed by atoms with Crippen molar-refractivity contribution in [3.8, 4) is 11.4 Å². The van der Waals surface area contributed by atoms with Gasteiger partial charge < -0.3 is 15.2 Å². The number of H-pyrrole nitrogens is 1. The molecule has 5 rings (SSSR count). The van der Waals surface area contributed by atoms with Crippen molar-refractivity contribution in [3.63, 3.8) is 0 Å². The van der Waals surface area contributed by atoms with E-state index < -0.39 is 17.6 Å². The number of imidazole rings is 1. The third-order valence-corrected chi connectivity index (χ3v) is 7.12. The van der Waals surface area contributed by atoms with Gasteiger partial charge in [-0.2, -0.15) is 13.2 Å². The summed E-state index contributed by atoms with van der Waals surface area (Å²) in [5.41, 5.74) is 1.22. The van der Waals surface area contributed by atoms with Gasteiger partial charge in [-0.15, -0.1) is 0 Å². The molecular formula is C27H25ClF3N5O. The Morgan fingerprint density at radius 3 is 2.62 bits per heavy atom. The van der Waals surface area contributed by atoms with Crippen molar-refractivity contribution in [1.82, 2.24) is 15.0 Å². The van der Waals surface area contributed by atoms with Crippen molar-refractivity contribution in [2.45, 2.75) is 32.4 Å². The second kappa shape index (κ2) is 10.0. The zero-order valence-electron chi connectivity index (χ0n) is 20.1. The zero-order chi connectivity index (χ0) is 26.2. The standard InChI is InChI=1S/C27H25ClF3N5O/c1-2-16-8-10-36(11-9-16)24-7-6-18(15-32-24)25-33-22-13-20(28)21(14-23(22)34-25)35-26(37)17-4-3-5-19(12-17)27(29,30)31/h3-7,12-16H,2,8-11H2,1H3,(H,33,34)(H,35,37). The number of fused-ring (bicyclic) bond motifs is 1. The molecule has 1 aliphatic heterocycles. The smallest absolute Gasteiger partial charge is 0.357 e. The normalized spacial score (nSPS) is 14.8. The fraction of sp³-hybridized carbons (Fsp3) is 0.296. The maximum absolute atomic E-state index is 13.0. The van der Waals surface area contributed by atoms with Gasteiger partial charge in [0.2, 0.25) is 0 Å². The van der Waals surface area contributed by atoms with Crippen LogP contribution < -0.4 is 10.2 Å². The van der Waals surface area contributed by atoms with E-state index in [1.165, 1.54) is 31.4 Å².